The molecule has 0 radical (unpaired) electrons. The molecule has 1 aliphatic heterocycles. The number of carbonyl (C=O) groups is 1. The van der Waals surface area contributed by atoms with Crippen LogP contribution in [0.2, 0.25) is 0 Å². The van der Waals surface area contributed by atoms with E-state index in [0.29, 0.717) is 18.2 Å². The summed E-state index contributed by atoms with van der Waals surface area (Å²) in [5.41, 5.74) is 0. The Morgan fingerprint density at radius 2 is 2.53 bits per heavy atom. The second kappa shape index (κ2) is 5.48. The third kappa shape index (κ3) is 2.96. The van der Waals surface area contributed by atoms with Gasteiger partial charge in [-0.05, 0) is 35.4 Å². The Hall–Kier alpha value is -1.11. The van der Waals surface area contributed by atoms with E-state index in [-0.39, 0.29) is 5.92 Å². The topological polar surface area (TPSA) is 80.9 Å². The first-order chi connectivity index (χ1) is 8.18. The van der Waals surface area contributed by atoms with Crippen LogP contribution in [0, 0.1) is 5.92 Å². The number of aliphatic carboxylic acids is 1. The lowest BCUT2D eigenvalue weighted by molar-refractivity contribution is -0.141. The largest absolute Gasteiger partial charge is 0.481 e. The van der Waals surface area contributed by atoms with E-state index in [1.165, 1.54) is 6.42 Å². The van der Waals surface area contributed by atoms with Crippen molar-refractivity contribution in [2.24, 2.45) is 5.92 Å². The molecule has 1 saturated heterocycles. The molecule has 1 aromatic heterocycles. The molecular formula is C10H16N4O2S. The summed E-state index contributed by atoms with van der Waals surface area (Å²) >= 11 is 1.88. The number of rotatable bonds is 5. The Bertz CT molecular complexity index is 389. The summed E-state index contributed by atoms with van der Waals surface area (Å²) < 4.78 is 1.75. The number of nitrogens with zero attached hydrogens (tertiary/aromatic N) is 4. The number of hydrogen-bond donors (Lipinski definition) is 1. The molecule has 0 saturated carbocycles. The molecular weight excluding hydrogens is 240 g/mol. The molecule has 0 amide bonds. The molecule has 17 heavy (non-hydrogen) atoms. The van der Waals surface area contributed by atoms with Crippen LogP contribution in [0.3, 0.4) is 0 Å². The van der Waals surface area contributed by atoms with Crippen LogP contribution in [0.25, 0.3) is 0 Å². The van der Waals surface area contributed by atoms with E-state index < -0.39 is 5.97 Å². The maximum absolute atomic E-state index is 10.7. The molecule has 6 nitrogen and oxygen atoms in total. The van der Waals surface area contributed by atoms with E-state index in [2.05, 4.69) is 15.5 Å². The first-order valence-electron chi connectivity index (χ1n) is 5.79. The lowest BCUT2D eigenvalue weighted by Gasteiger charge is -2.10. The minimum Gasteiger partial charge on any atom is -0.481 e. The van der Waals surface area contributed by atoms with Gasteiger partial charge >= 0.3 is 5.97 Å². The summed E-state index contributed by atoms with van der Waals surface area (Å²) in [5.74, 6) is 0.923. The second-order valence-electron chi connectivity index (χ2n) is 4.29. The van der Waals surface area contributed by atoms with Gasteiger partial charge in [-0.1, -0.05) is 6.92 Å². The van der Waals surface area contributed by atoms with Crippen molar-refractivity contribution in [1.29, 1.82) is 0 Å². The predicted molar refractivity (Wildman–Crippen MR) is 63.7 cm³/mol. The van der Waals surface area contributed by atoms with E-state index >= 15 is 0 Å². The standard InChI is InChI=1S/C10H16N4O2S/c1-7(10(15)16)4-5-14-9(11-12-13-14)8-3-2-6-17-8/h7-8H,2-6H2,1H3,(H,15,16). The van der Waals surface area contributed by atoms with Gasteiger partial charge in [0, 0.05) is 6.54 Å². The summed E-state index contributed by atoms with van der Waals surface area (Å²) in [4.78, 5) is 10.7. The van der Waals surface area contributed by atoms with E-state index in [1.807, 2.05) is 11.8 Å². The van der Waals surface area contributed by atoms with Gasteiger partial charge in [-0.25, -0.2) is 4.68 Å². The average Bonchev–Trinajstić information content (AvgIpc) is 2.95. The van der Waals surface area contributed by atoms with Crippen molar-refractivity contribution in [3.05, 3.63) is 5.82 Å². The van der Waals surface area contributed by atoms with Crippen molar-refractivity contribution in [2.45, 2.75) is 38.0 Å². The maximum Gasteiger partial charge on any atom is 0.306 e. The first-order valence-corrected chi connectivity index (χ1v) is 6.84. The number of carboxylic acid groups (broad SMARTS) is 1. The fraction of sp³-hybridized carbons (Fsp3) is 0.800. The monoisotopic (exact) mass is 256 g/mol. The second-order valence-corrected chi connectivity index (χ2v) is 5.60. The zero-order chi connectivity index (χ0) is 12.3. The SMILES string of the molecule is CC(CCn1nnnc1C1CCCS1)C(=O)O. The molecule has 94 valence electrons. The Balaban J connectivity index is 1.96. The number of carboxylic acids is 1. The third-order valence-corrected chi connectivity index (χ3v) is 4.35. The molecule has 2 rings (SSSR count). The third-order valence-electron chi connectivity index (χ3n) is 2.97. The number of tetrazole rings is 1. The summed E-state index contributed by atoms with van der Waals surface area (Å²) in [7, 11) is 0. The van der Waals surface area contributed by atoms with Crippen LogP contribution < -0.4 is 0 Å². The van der Waals surface area contributed by atoms with Crippen molar-refractivity contribution >= 4 is 17.7 Å². The Morgan fingerprint density at radius 3 is 3.18 bits per heavy atom. The lowest BCUT2D eigenvalue weighted by Crippen LogP contribution is -2.15. The molecule has 1 N–H and O–H groups in total. The van der Waals surface area contributed by atoms with Gasteiger partial charge in [0.15, 0.2) is 5.82 Å². The molecule has 1 aromatic rings. The fourth-order valence-corrected chi connectivity index (χ4v) is 3.09. The summed E-state index contributed by atoms with van der Waals surface area (Å²) in [6.45, 7) is 2.28. The highest BCUT2D eigenvalue weighted by Gasteiger charge is 2.24. The van der Waals surface area contributed by atoms with E-state index in [1.54, 1.807) is 11.6 Å². The van der Waals surface area contributed by atoms with Gasteiger partial charge in [-0.3, -0.25) is 4.79 Å². The Kier molecular flexibility index (Phi) is 3.98. The van der Waals surface area contributed by atoms with Gasteiger partial charge in [-0.15, -0.1) is 5.10 Å². The molecule has 2 heterocycles. The van der Waals surface area contributed by atoms with Gasteiger partial charge in [-0.2, -0.15) is 11.8 Å². The maximum atomic E-state index is 10.7. The normalized spacial score (nSPS) is 21.6. The molecule has 2 unspecified atom stereocenters. The van der Waals surface area contributed by atoms with Crippen LogP contribution in [0.5, 0.6) is 0 Å². The van der Waals surface area contributed by atoms with Gasteiger partial charge in [0.2, 0.25) is 0 Å². The minimum atomic E-state index is -0.769. The zero-order valence-electron chi connectivity index (χ0n) is 9.74. The molecule has 1 aliphatic rings. The average molecular weight is 256 g/mol. The van der Waals surface area contributed by atoms with E-state index in [0.717, 1.165) is 18.0 Å². The van der Waals surface area contributed by atoms with Crippen molar-refractivity contribution in [2.75, 3.05) is 5.75 Å². The van der Waals surface area contributed by atoms with Gasteiger partial charge < -0.3 is 5.11 Å². The highest BCUT2D eigenvalue weighted by Crippen LogP contribution is 2.38. The van der Waals surface area contributed by atoms with Crippen molar-refractivity contribution in [3.8, 4) is 0 Å². The summed E-state index contributed by atoms with van der Waals surface area (Å²) in [5, 5.41) is 20.9. The zero-order valence-corrected chi connectivity index (χ0v) is 10.6. The van der Waals surface area contributed by atoms with Gasteiger partial charge in [0.25, 0.3) is 0 Å². The van der Waals surface area contributed by atoms with Crippen molar-refractivity contribution < 1.29 is 9.90 Å². The number of thioether (sulfide) groups is 1. The highest BCUT2D eigenvalue weighted by molar-refractivity contribution is 7.99. The molecule has 0 aromatic carbocycles. The van der Waals surface area contributed by atoms with Crippen LogP contribution in [-0.2, 0) is 11.3 Å². The Morgan fingerprint density at radius 1 is 1.71 bits per heavy atom. The van der Waals surface area contributed by atoms with Crippen LogP contribution >= 0.6 is 11.8 Å². The first kappa shape index (κ1) is 12.3. The molecule has 2 atom stereocenters. The summed E-state index contributed by atoms with van der Waals surface area (Å²) in [6, 6.07) is 0. The Labute approximate surface area is 104 Å². The fourth-order valence-electron chi connectivity index (χ4n) is 1.82. The molecule has 0 bridgehead atoms. The molecule has 1 fully saturated rings. The van der Waals surface area contributed by atoms with Crippen LogP contribution in [-0.4, -0.2) is 37.0 Å². The molecule has 0 spiro atoms. The molecule has 7 heteroatoms. The molecule has 0 aliphatic carbocycles. The smallest absolute Gasteiger partial charge is 0.306 e. The number of hydrogen-bond acceptors (Lipinski definition) is 5. The van der Waals surface area contributed by atoms with E-state index in [4.69, 9.17) is 5.11 Å². The summed E-state index contributed by atoms with van der Waals surface area (Å²) in [6.07, 6.45) is 2.87. The predicted octanol–water partition coefficient (Wildman–Crippen LogP) is 1.35. The quantitative estimate of drug-likeness (QED) is 0.856. The number of aromatic nitrogens is 4. The van der Waals surface area contributed by atoms with Crippen LogP contribution in [0.15, 0.2) is 0 Å². The lowest BCUT2D eigenvalue weighted by atomic mass is 10.1. The van der Waals surface area contributed by atoms with Crippen LogP contribution in [0.1, 0.15) is 37.3 Å². The van der Waals surface area contributed by atoms with Crippen LogP contribution in [0.4, 0.5) is 0 Å². The van der Waals surface area contributed by atoms with Gasteiger partial charge in [0.1, 0.15) is 0 Å². The highest BCUT2D eigenvalue weighted by atomic mass is 32.2. The number of aryl methyl sites for hydroxylation is 1. The van der Waals surface area contributed by atoms with Crippen molar-refractivity contribution in [1.82, 2.24) is 20.2 Å². The minimum absolute atomic E-state index is 0.358. The van der Waals surface area contributed by atoms with E-state index in [9.17, 15) is 4.79 Å². The van der Waals surface area contributed by atoms with Gasteiger partial charge in [0.05, 0.1) is 11.2 Å². The van der Waals surface area contributed by atoms with Crippen molar-refractivity contribution in [3.63, 3.8) is 0 Å².